The van der Waals surface area contributed by atoms with Crippen LogP contribution in [0.4, 0.5) is 0 Å². The lowest BCUT2D eigenvalue weighted by Gasteiger charge is -2.14. The Kier molecular flexibility index (Phi) is 5.92. The summed E-state index contributed by atoms with van der Waals surface area (Å²) in [5.74, 6) is 1.07. The summed E-state index contributed by atoms with van der Waals surface area (Å²) in [5, 5.41) is 12.0. The summed E-state index contributed by atoms with van der Waals surface area (Å²) in [6.45, 7) is 1.50. The molecule has 5 nitrogen and oxygen atoms in total. The standard InChI is InChI=1S/C19H18ClN3O2S2/c20-15-7-2-1-6-14(15)16(24)12-27-19-22-21-18(17-8-4-10-26-17)23(19)11-13-5-3-9-25-13/h1-2,4,6-8,10,13H,3,5,9,11-12H2/t13-/m0/s1. The molecule has 3 aromatic rings. The molecule has 1 saturated heterocycles. The van der Waals surface area contributed by atoms with E-state index in [2.05, 4.69) is 14.8 Å². The van der Waals surface area contributed by atoms with Gasteiger partial charge in [0, 0.05) is 12.2 Å². The van der Waals surface area contributed by atoms with Crippen LogP contribution in [0.2, 0.25) is 5.02 Å². The molecule has 0 amide bonds. The maximum atomic E-state index is 12.5. The topological polar surface area (TPSA) is 57.0 Å². The first kappa shape index (κ1) is 18.7. The number of Topliss-reactive ketones (excluding diaryl/α,β-unsaturated/α-hetero) is 1. The van der Waals surface area contributed by atoms with Crippen LogP contribution in [0.1, 0.15) is 23.2 Å². The van der Waals surface area contributed by atoms with Gasteiger partial charge in [0.25, 0.3) is 0 Å². The molecule has 0 bridgehead atoms. The number of aromatic nitrogens is 3. The fourth-order valence-corrected chi connectivity index (χ4v) is 4.82. The van der Waals surface area contributed by atoms with E-state index in [9.17, 15) is 4.79 Å². The van der Waals surface area contributed by atoms with Crippen molar-refractivity contribution in [2.75, 3.05) is 12.4 Å². The van der Waals surface area contributed by atoms with E-state index < -0.39 is 0 Å². The van der Waals surface area contributed by atoms with Crippen LogP contribution >= 0.6 is 34.7 Å². The predicted molar refractivity (Wildman–Crippen MR) is 109 cm³/mol. The number of rotatable bonds is 7. The van der Waals surface area contributed by atoms with Gasteiger partial charge in [-0.15, -0.1) is 21.5 Å². The van der Waals surface area contributed by atoms with Crippen LogP contribution in [0.25, 0.3) is 10.7 Å². The van der Waals surface area contributed by atoms with E-state index in [1.165, 1.54) is 11.8 Å². The lowest BCUT2D eigenvalue weighted by atomic mass is 10.1. The van der Waals surface area contributed by atoms with Gasteiger partial charge >= 0.3 is 0 Å². The summed E-state index contributed by atoms with van der Waals surface area (Å²) >= 11 is 9.16. The second-order valence-electron chi connectivity index (χ2n) is 6.22. The van der Waals surface area contributed by atoms with Crippen molar-refractivity contribution in [3.8, 4) is 10.7 Å². The molecule has 0 N–H and O–H groups in total. The SMILES string of the molecule is O=C(CSc1nnc(-c2cccs2)n1C[C@@H]1CCCO1)c1ccccc1Cl. The zero-order chi connectivity index (χ0) is 18.6. The maximum absolute atomic E-state index is 12.5. The molecule has 3 heterocycles. The average Bonchev–Trinajstić information content (AvgIpc) is 3.43. The van der Waals surface area contributed by atoms with Gasteiger partial charge in [-0.25, -0.2) is 0 Å². The number of nitrogens with zero attached hydrogens (tertiary/aromatic N) is 3. The number of thiophene rings is 1. The van der Waals surface area contributed by atoms with Crippen molar-refractivity contribution < 1.29 is 9.53 Å². The molecular weight excluding hydrogens is 402 g/mol. The molecule has 0 aliphatic carbocycles. The van der Waals surface area contributed by atoms with E-state index >= 15 is 0 Å². The first-order valence-electron chi connectivity index (χ1n) is 8.71. The molecule has 8 heteroatoms. The number of carbonyl (C=O) groups is 1. The van der Waals surface area contributed by atoms with Gasteiger partial charge < -0.3 is 4.74 Å². The third-order valence-corrected chi connectivity index (χ3v) is 6.54. The summed E-state index contributed by atoms with van der Waals surface area (Å²) in [4.78, 5) is 13.6. The van der Waals surface area contributed by atoms with Gasteiger partial charge in [0.05, 0.1) is 28.3 Å². The van der Waals surface area contributed by atoms with Gasteiger partial charge in [0.15, 0.2) is 16.8 Å². The van der Waals surface area contributed by atoms with Crippen LogP contribution in [0.15, 0.2) is 46.9 Å². The van der Waals surface area contributed by atoms with Crippen molar-refractivity contribution in [1.82, 2.24) is 14.8 Å². The number of thioether (sulfide) groups is 1. The molecule has 2 aromatic heterocycles. The van der Waals surface area contributed by atoms with Gasteiger partial charge in [-0.3, -0.25) is 9.36 Å². The quantitative estimate of drug-likeness (QED) is 0.406. The molecule has 1 atom stereocenters. The Morgan fingerprint density at radius 2 is 2.19 bits per heavy atom. The van der Waals surface area contributed by atoms with Crippen LogP contribution < -0.4 is 0 Å². The van der Waals surface area contributed by atoms with Crippen molar-refractivity contribution in [3.05, 3.63) is 52.4 Å². The van der Waals surface area contributed by atoms with Gasteiger partial charge in [0.1, 0.15) is 0 Å². The highest BCUT2D eigenvalue weighted by Crippen LogP contribution is 2.29. The van der Waals surface area contributed by atoms with Crippen LogP contribution in [0, 0.1) is 0 Å². The third-order valence-electron chi connectivity index (χ3n) is 4.38. The van der Waals surface area contributed by atoms with Crippen LogP contribution in [-0.4, -0.2) is 39.0 Å². The van der Waals surface area contributed by atoms with Crippen molar-refractivity contribution in [3.63, 3.8) is 0 Å². The first-order chi connectivity index (χ1) is 13.2. The smallest absolute Gasteiger partial charge is 0.192 e. The fraction of sp³-hybridized carbons (Fsp3) is 0.316. The maximum Gasteiger partial charge on any atom is 0.192 e. The van der Waals surface area contributed by atoms with E-state index in [-0.39, 0.29) is 17.6 Å². The van der Waals surface area contributed by atoms with Crippen molar-refractivity contribution >= 4 is 40.5 Å². The van der Waals surface area contributed by atoms with Crippen LogP contribution in [-0.2, 0) is 11.3 Å². The van der Waals surface area contributed by atoms with E-state index in [1.54, 1.807) is 23.5 Å². The number of halogens is 1. The molecule has 27 heavy (non-hydrogen) atoms. The van der Waals surface area contributed by atoms with Crippen molar-refractivity contribution in [2.24, 2.45) is 0 Å². The summed E-state index contributed by atoms with van der Waals surface area (Å²) in [5.41, 5.74) is 0.537. The zero-order valence-electron chi connectivity index (χ0n) is 14.5. The number of ketones is 1. The molecule has 1 aliphatic heterocycles. The molecule has 0 radical (unpaired) electrons. The minimum atomic E-state index is -0.0186. The van der Waals surface area contributed by atoms with Gasteiger partial charge in [-0.1, -0.05) is 41.6 Å². The highest BCUT2D eigenvalue weighted by Gasteiger charge is 2.23. The summed E-state index contributed by atoms with van der Waals surface area (Å²) in [6, 6.07) is 11.1. The number of benzene rings is 1. The lowest BCUT2D eigenvalue weighted by Crippen LogP contribution is -2.17. The molecule has 4 rings (SSSR count). The number of hydrogen-bond acceptors (Lipinski definition) is 6. The minimum Gasteiger partial charge on any atom is -0.376 e. The third kappa shape index (κ3) is 4.27. The Morgan fingerprint density at radius 3 is 2.93 bits per heavy atom. The molecular formula is C19H18ClN3O2S2. The van der Waals surface area contributed by atoms with Crippen LogP contribution in [0.5, 0.6) is 0 Å². The Labute approximate surface area is 170 Å². The molecule has 0 unspecified atom stereocenters. The normalized spacial score (nSPS) is 16.7. The Bertz CT molecular complexity index is 921. The number of hydrogen-bond donors (Lipinski definition) is 0. The first-order valence-corrected chi connectivity index (χ1v) is 11.0. The molecule has 0 spiro atoms. The summed E-state index contributed by atoms with van der Waals surface area (Å²) in [6.07, 6.45) is 2.28. The lowest BCUT2D eigenvalue weighted by molar-refractivity contribution is 0.0953. The molecule has 1 aromatic carbocycles. The summed E-state index contributed by atoms with van der Waals surface area (Å²) < 4.78 is 7.87. The van der Waals surface area contributed by atoms with Crippen LogP contribution in [0.3, 0.4) is 0 Å². The van der Waals surface area contributed by atoms with Crippen molar-refractivity contribution in [1.29, 1.82) is 0 Å². The number of carbonyl (C=O) groups excluding carboxylic acids is 1. The Morgan fingerprint density at radius 1 is 1.30 bits per heavy atom. The number of ether oxygens (including phenoxy) is 1. The fourth-order valence-electron chi connectivity index (χ4n) is 3.04. The monoisotopic (exact) mass is 419 g/mol. The van der Waals surface area contributed by atoms with Crippen molar-refractivity contribution in [2.45, 2.75) is 30.6 Å². The zero-order valence-corrected chi connectivity index (χ0v) is 16.9. The summed E-state index contributed by atoms with van der Waals surface area (Å²) in [7, 11) is 0. The second kappa shape index (κ2) is 8.56. The van der Waals surface area contributed by atoms with E-state index in [4.69, 9.17) is 16.3 Å². The Balaban J connectivity index is 1.55. The molecule has 0 saturated carbocycles. The molecule has 140 valence electrons. The Hall–Kier alpha value is -1.67. The van der Waals surface area contributed by atoms with Gasteiger partial charge in [-0.05, 0) is 36.4 Å². The molecule has 1 aliphatic rings. The predicted octanol–water partition coefficient (Wildman–Crippen LogP) is 4.81. The second-order valence-corrected chi connectivity index (χ2v) is 8.52. The highest BCUT2D eigenvalue weighted by atomic mass is 35.5. The van der Waals surface area contributed by atoms with E-state index in [0.717, 1.165) is 35.3 Å². The minimum absolute atomic E-state index is 0.0186. The molecule has 1 fully saturated rings. The largest absolute Gasteiger partial charge is 0.376 e. The van der Waals surface area contributed by atoms with E-state index in [1.807, 2.05) is 29.6 Å². The van der Waals surface area contributed by atoms with E-state index in [0.29, 0.717) is 17.1 Å². The highest BCUT2D eigenvalue weighted by molar-refractivity contribution is 7.99. The van der Waals surface area contributed by atoms with Gasteiger partial charge in [0.2, 0.25) is 0 Å². The average molecular weight is 420 g/mol. The van der Waals surface area contributed by atoms with Gasteiger partial charge in [-0.2, -0.15) is 0 Å².